The number of thiocarbonyl (C=S) groups is 1. The molecule has 0 aliphatic rings. The van der Waals surface area contributed by atoms with Crippen LogP contribution in [-0.4, -0.2) is 19.7 Å². The van der Waals surface area contributed by atoms with Gasteiger partial charge in [0.05, 0.1) is 11.4 Å². The number of anilines is 2. The van der Waals surface area contributed by atoms with E-state index in [0.29, 0.717) is 11.4 Å². The third-order valence-corrected chi connectivity index (χ3v) is 4.39. The maximum absolute atomic E-state index is 12.8. The summed E-state index contributed by atoms with van der Waals surface area (Å²) in [4.78, 5) is 12.8. The molecule has 2 aromatic carbocycles. The molecule has 27 heavy (non-hydrogen) atoms. The van der Waals surface area contributed by atoms with Gasteiger partial charge in [-0.15, -0.1) is 0 Å². The zero-order valence-corrected chi connectivity index (χ0v) is 15.6. The van der Waals surface area contributed by atoms with Crippen molar-refractivity contribution in [1.29, 1.82) is 0 Å². The standard InChI is InChI=1S/C18H19N5O3S/c1-12-16(17(24)22(21(12)2)14-6-4-3-5-7-14)20-18(27)19-13-8-10-15(11-9-13)23(25)26/h3-11,23,25H,1-2H3,(H2,19,20,27). The number of nitrogens with zero attached hydrogens (tertiary/aromatic N) is 2. The van der Waals surface area contributed by atoms with Crippen molar-refractivity contribution in [2.75, 3.05) is 10.6 Å². The number of nitrogens with one attached hydrogen (secondary N) is 3. The van der Waals surface area contributed by atoms with Crippen LogP contribution in [0.2, 0.25) is 0 Å². The van der Waals surface area contributed by atoms with Gasteiger partial charge in [-0.1, -0.05) is 18.2 Å². The van der Waals surface area contributed by atoms with Crippen molar-refractivity contribution < 1.29 is 10.4 Å². The highest BCUT2D eigenvalue weighted by molar-refractivity contribution is 7.80. The Labute approximate surface area is 160 Å². The molecule has 0 saturated heterocycles. The Morgan fingerprint density at radius 3 is 2.33 bits per heavy atom. The molecule has 140 valence electrons. The van der Waals surface area contributed by atoms with Gasteiger partial charge < -0.3 is 15.8 Å². The van der Waals surface area contributed by atoms with Gasteiger partial charge in [-0.05, 0) is 43.4 Å². The molecular weight excluding hydrogens is 366 g/mol. The van der Waals surface area contributed by atoms with Crippen LogP contribution >= 0.6 is 12.2 Å². The molecule has 0 aliphatic heterocycles. The Hall–Kier alpha value is -2.98. The number of benzene rings is 2. The van der Waals surface area contributed by atoms with Gasteiger partial charge in [-0.2, -0.15) is 5.23 Å². The van der Waals surface area contributed by atoms with E-state index in [1.165, 1.54) is 12.1 Å². The second-order valence-electron chi connectivity index (χ2n) is 5.90. The van der Waals surface area contributed by atoms with Crippen molar-refractivity contribution in [2.24, 2.45) is 7.05 Å². The van der Waals surface area contributed by atoms with Crippen LogP contribution in [0.5, 0.6) is 0 Å². The molecule has 0 aliphatic carbocycles. The average molecular weight is 385 g/mol. The summed E-state index contributed by atoms with van der Waals surface area (Å²) in [5, 5.41) is 25.0. The van der Waals surface area contributed by atoms with E-state index < -0.39 is 5.23 Å². The van der Waals surface area contributed by atoms with E-state index in [2.05, 4.69) is 10.6 Å². The average Bonchev–Trinajstić information content (AvgIpc) is 2.86. The molecule has 0 amide bonds. The summed E-state index contributed by atoms with van der Waals surface area (Å²) < 4.78 is 3.31. The molecule has 9 heteroatoms. The number of aromatic nitrogens is 2. The molecular formula is C18H19N5O3S. The number of hydrogen-bond acceptors (Lipinski definition) is 4. The molecule has 1 atom stereocenters. The summed E-state index contributed by atoms with van der Waals surface area (Å²) in [5.41, 5.74) is 2.45. The van der Waals surface area contributed by atoms with Gasteiger partial charge in [-0.25, -0.2) is 9.89 Å². The highest BCUT2D eigenvalue weighted by atomic mass is 32.1. The molecule has 3 aromatic rings. The smallest absolute Gasteiger partial charge is 0.295 e. The van der Waals surface area contributed by atoms with Gasteiger partial charge in [-0.3, -0.25) is 9.48 Å². The third kappa shape index (κ3) is 3.91. The summed E-state index contributed by atoms with van der Waals surface area (Å²) in [6, 6.07) is 15.5. The van der Waals surface area contributed by atoms with E-state index in [4.69, 9.17) is 17.4 Å². The summed E-state index contributed by atoms with van der Waals surface area (Å²) in [7, 11) is 1.80. The normalized spacial score (nSPS) is 11.9. The van der Waals surface area contributed by atoms with E-state index in [-0.39, 0.29) is 16.4 Å². The van der Waals surface area contributed by atoms with Crippen molar-refractivity contribution in [1.82, 2.24) is 9.36 Å². The summed E-state index contributed by atoms with van der Waals surface area (Å²) in [6.07, 6.45) is 0. The van der Waals surface area contributed by atoms with Crippen LogP contribution in [0.25, 0.3) is 5.69 Å². The molecule has 1 heterocycles. The van der Waals surface area contributed by atoms with Gasteiger partial charge in [0.2, 0.25) is 0 Å². The van der Waals surface area contributed by atoms with Crippen LogP contribution in [0.3, 0.4) is 0 Å². The minimum atomic E-state index is -0.997. The molecule has 3 rings (SSSR count). The van der Waals surface area contributed by atoms with E-state index in [1.54, 1.807) is 28.5 Å². The van der Waals surface area contributed by atoms with Crippen LogP contribution in [0.4, 0.5) is 17.1 Å². The SMILES string of the molecule is Cc1c(NC(=S)Nc2ccc([NH+]([O-])O)cc2)c(=O)n(-c2ccccc2)n1C. The molecule has 1 unspecified atom stereocenters. The minimum Gasteiger partial charge on any atom is -0.595 e. The van der Waals surface area contributed by atoms with Crippen LogP contribution < -0.4 is 21.4 Å². The van der Waals surface area contributed by atoms with E-state index in [9.17, 15) is 10.0 Å². The second kappa shape index (κ2) is 7.72. The molecule has 0 bridgehead atoms. The number of hydrogen-bond donors (Lipinski definition) is 4. The van der Waals surface area contributed by atoms with E-state index >= 15 is 0 Å². The quantitative estimate of drug-likeness (QED) is 0.403. The summed E-state index contributed by atoms with van der Waals surface area (Å²) in [6.45, 7) is 1.83. The third-order valence-electron chi connectivity index (χ3n) is 4.18. The van der Waals surface area contributed by atoms with Gasteiger partial charge in [0.25, 0.3) is 5.56 Å². The fraction of sp³-hybridized carbons (Fsp3) is 0.111. The minimum absolute atomic E-state index is 0.184. The molecule has 4 N–H and O–H groups in total. The number of para-hydroxylation sites is 1. The largest absolute Gasteiger partial charge is 0.595 e. The Kier molecular flexibility index (Phi) is 5.38. The van der Waals surface area contributed by atoms with Crippen molar-refractivity contribution in [3.05, 3.63) is 75.9 Å². The van der Waals surface area contributed by atoms with Crippen LogP contribution in [0.15, 0.2) is 59.4 Å². The Morgan fingerprint density at radius 2 is 1.74 bits per heavy atom. The summed E-state index contributed by atoms with van der Waals surface area (Å²) in [5.74, 6) is 0. The molecule has 0 fully saturated rings. The highest BCUT2D eigenvalue weighted by Gasteiger charge is 2.17. The zero-order valence-electron chi connectivity index (χ0n) is 14.8. The highest BCUT2D eigenvalue weighted by Crippen LogP contribution is 2.15. The van der Waals surface area contributed by atoms with E-state index in [1.807, 2.05) is 37.3 Å². The Balaban J connectivity index is 1.81. The topological polar surface area (TPSA) is 98.7 Å². The predicted molar refractivity (Wildman–Crippen MR) is 108 cm³/mol. The Bertz CT molecular complexity index is 1010. The zero-order chi connectivity index (χ0) is 19.6. The van der Waals surface area contributed by atoms with Crippen molar-refractivity contribution in [2.45, 2.75) is 6.92 Å². The lowest BCUT2D eigenvalue weighted by molar-refractivity contribution is -0.991. The van der Waals surface area contributed by atoms with Gasteiger partial charge in [0.15, 0.2) is 10.8 Å². The van der Waals surface area contributed by atoms with Crippen LogP contribution in [-0.2, 0) is 7.05 Å². The molecule has 1 aromatic heterocycles. The predicted octanol–water partition coefficient (Wildman–Crippen LogP) is 1.70. The number of quaternary nitrogens is 1. The molecule has 8 nitrogen and oxygen atoms in total. The van der Waals surface area contributed by atoms with Gasteiger partial charge >= 0.3 is 0 Å². The fourth-order valence-electron chi connectivity index (χ4n) is 2.68. The lowest BCUT2D eigenvalue weighted by Gasteiger charge is -2.13. The van der Waals surface area contributed by atoms with Crippen molar-refractivity contribution in [3.8, 4) is 5.69 Å². The first-order valence-corrected chi connectivity index (χ1v) is 8.54. The van der Waals surface area contributed by atoms with Gasteiger partial charge in [0.1, 0.15) is 5.69 Å². The lowest BCUT2D eigenvalue weighted by atomic mass is 10.3. The first kappa shape index (κ1) is 18.8. The molecule has 0 radical (unpaired) electrons. The molecule has 0 saturated carbocycles. The van der Waals surface area contributed by atoms with Crippen LogP contribution in [0.1, 0.15) is 5.69 Å². The Morgan fingerprint density at radius 1 is 1.11 bits per heavy atom. The maximum atomic E-state index is 12.8. The lowest BCUT2D eigenvalue weighted by Crippen LogP contribution is -2.99. The molecule has 0 spiro atoms. The number of rotatable bonds is 4. The second-order valence-corrected chi connectivity index (χ2v) is 6.31. The fourth-order valence-corrected chi connectivity index (χ4v) is 2.90. The monoisotopic (exact) mass is 385 g/mol. The first-order chi connectivity index (χ1) is 12.9. The van der Waals surface area contributed by atoms with Crippen molar-refractivity contribution >= 4 is 34.4 Å². The first-order valence-electron chi connectivity index (χ1n) is 8.14. The van der Waals surface area contributed by atoms with E-state index in [0.717, 1.165) is 11.4 Å². The summed E-state index contributed by atoms with van der Waals surface area (Å²) >= 11 is 5.29. The maximum Gasteiger partial charge on any atom is 0.295 e. The van der Waals surface area contributed by atoms with Crippen LogP contribution in [0, 0.1) is 12.1 Å². The van der Waals surface area contributed by atoms with Gasteiger partial charge in [0, 0.05) is 24.9 Å². The van der Waals surface area contributed by atoms with Crippen molar-refractivity contribution in [3.63, 3.8) is 0 Å².